The first-order valence-electron chi connectivity index (χ1n) is 9.48. The quantitative estimate of drug-likeness (QED) is 0.581. The molecule has 2 bridgehead atoms. The second-order valence-electron chi connectivity index (χ2n) is 7.70. The number of ether oxygens (including phenoxy) is 1. The lowest BCUT2D eigenvalue weighted by Gasteiger charge is -2.49. The van der Waals surface area contributed by atoms with Crippen LogP contribution in [0.1, 0.15) is 39.0 Å². The molecule has 1 atom stereocenters. The van der Waals surface area contributed by atoms with Gasteiger partial charge in [-0.05, 0) is 18.6 Å². The minimum Gasteiger partial charge on any atom is -0.440 e. The van der Waals surface area contributed by atoms with Crippen LogP contribution < -0.4 is 4.90 Å². The number of carbonyl (C=O) groups excluding carboxylic acids is 1. The van der Waals surface area contributed by atoms with Crippen LogP contribution >= 0.6 is 0 Å². The fourth-order valence-electron chi connectivity index (χ4n) is 4.13. The molecular formula is C20H31N2O2+. The lowest BCUT2D eigenvalue weighted by molar-refractivity contribution is -0.928. The van der Waals surface area contributed by atoms with E-state index in [1.54, 1.807) is 0 Å². The molecule has 4 heteroatoms. The van der Waals surface area contributed by atoms with Crippen LogP contribution in [0.4, 0.5) is 10.5 Å². The predicted molar refractivity (Wildman–Crippen MR) is 97.1 cm³/mol. The summed E-state index contributed by atoms with van der Waals surface area (Å²) in [7, 11) is 2.30. The second kappa shape index (κ2) is 7.56. The highest BCUT2D eigenvalue weighted by atomic mass is 16.6. The van der Waals surface area contributed by atoms with Crippen molar-refractivity contribution < 1.29 is 14.0 Å². The normalized spacial score (nSPS) is 28.6. The van der Waals surface area contributed by atoms with Gasteiger partial charge in [0.25, 0.3) is 0 Å². The first-order chi connectivity index (χ1) is 11.6. The van der Waals surface area contributed by atoms with E-state index in [-0.39, 0.29) is 12.2 Å². The molecule has 3 saturated heterocycles. The summed E-state index contributed by atoms with van der Waals surface area (Å²) in [5.74, 6) is 0.558. The number of nitrogens with zero attached hydrogens (tertiary/aromatic N) is 2. The van der Waals surface area contributed by atoms with Crippen molar-refractivity contribution >= 4 is 11.8 Å². The van der Waals surface area contributed by atoms with Gasteiger partial charge in [0.15, 0.2) is 6.10 Å². The molecule has 0 saturated carbocycles. The Balaban J connectivity index is 1.67. The maximum Gasteiger partial charge on any atom is 0.414 e. The van der Waals surface area contributed by atoms with Gasteiger partial charge in [0.05, 0.1) is 20.1 Å². The smallest absolute Gasteiger partial charge is 0.414 e. The molecule has 132 valence electrons. The fourth-order valence-corrected chi connectivity index (χ4v) is 4.13. The van der Waals surface area contributed by atoms with Crippen LogP contribution in [-0.4, -0.2) is 49.9 Å². The number of likely N-dealkylation sites (N-methyl/N-ethyl adjacent to an activating group) is 1. The summed E-state index contributed by atoms with van der Waals surface area (Å²) in [5.41, 5.74) is 0.945. The number of para-hydroxylation sites is 1. The Bertz CT molecular complexity index is 538. The summed E-state index contributed by atoms with van der Waals surface area (Å²) in [6.07, 6.45) is 5.61. The van der Waals surface area contributed by atoms with E-state index in [1.807, 2.05) is 35.2 Å². The number of hydrogen-bond acceptors (Lipinski definition) is 2. The number of unbranched alkanes of at least 4 members (excludes halogenated alkanes) is 2. The number of piperidine rings is 3. The number of quaternary nitrogens is 1. The maximum atomic E-state index is 12.9. The minimum absolute atomic E-state index is 0.0855. The Kier molecular flexibility index (Phi) is 5.44. The van der Waals surface area contributed by atoms with Crippen LogP contribution in [0.15, 0.2) is 30.3 Å². The summed E-state index contributed by atoms with van der Waals surface area (Å²) < 4.78 is 7.07. The van der Waals surface area contributed by atoms with Crippen LogP contribution in [0.25, 0.3) is 0 Å². The van der Waals surface area contributed by atoms with Crippen molar-refractivity contribution in [2.24, 2.45) is 5.92 Å². The molecule has 0 aromatic heterocycles. The standard InChI is InChI=1S/C20H31N2O2/c1-3-4-8-13-21(18-9-6-5-7-10-18)20(23)24-19-16-22(2)14-11-17(19)12-15-22/h5-7,9-10,17,19H,3-4,8,11-16H2,1-2H3/q+1/t17?,19-,22?/m0/s1. The van der Waals surface area contributed by atoms with Gasteiger partial charge in [-0.1, -0.05) is 38.0 Å². The fraction of sp³-hybridized carbons (Fsp3) is 0.650. The van der Waals surface area contributed by atoms with E-state index in [1.165, 1.54) is 25.9 Å². The minimum atomic E-state index is -0.164. The number of benzene rings is 1. The summed E-state index contributed by atoms with van der Waals surface area (Å²) in [4.78, 5) is 14.7. The van der Waals surface area contributed by atoms with Gasteiger partial charge in [0.2, 0.25) is 0 Å². The van der Waals surface area contributed by atoms with E-state index in [9.17, 15) is 4.79 Å². The van der Waals surface area contributed by atoms with Crippen LogP contribution in [0.2, 0.25) is 0 Å². The largest absolute Gasteiger partial charge is 0.440 e. The number of hydrogen-bond donors (Lipinski definition) is 0. The van der Waals surface area contributed by atoms with Crippen molar-refractivity contribution in [1.29, 1.82) is 0 Å². The van der Waals surface area contributed by atoms with E-state index in [0.717, 1.165) is 42.5 Å². The van der Waals surface area contributed by atoms with Crippen molar-refractivity contribution in [3.8, 4) is 0 Å². The maximum absolute atomic E-state index is 12.9. The van der Waals surface area contributed by atoms with E-state index in [2.05, 4.69) is 14.0 Å². The molecule has 0 N–H and O–H groups in total. The molecule has 3 aliphatic heterocycles. The highest BCUT2D eigenvalue weighted by Gasteiger charge is 2.45. The third-order valence-corrected chi connectivity index (χ3v) is 5.75. The van der Waals surface area contributed by atoms with E-state index in [0.29, 0.717) is 5.92 Å². The van der Waals surface area contributed by atoms with E-state index in [4.69, 9.17) is 4.74 Å². The average Bonchev–Trinajstić information content (AvgIpc) is 2.59. The van der Waals surface area contributed by atoms with Gasteiger partial charge in [-0.25, -0.2) is 4.79 Å². The van der Waals surface area contributed by atoms with Gasteiger partial charge in [0, 0.05) is 31.0 Å². The Morgan fingerprint density at radius 2 is 1.92 bits per heavy atom. The highest BCUT2D eigenvalue weighted by molar-refractivity contribution is 5.87. The molecular weight excluding hydrogens is 300 g/mol. The van der Waals surface area contributed by atoms with E-state index < -0.39 is 0 Å². The molecule has 0 aliphatic carbocycles. The Labute approximate surface area is 146 Å². The zero-order chi connectivity index (χ0) is 17.0. The number of anilines is 1. The van der Waals surface area contributed by atoms with Gasteiger partial charge in [0.1, 0.15) is 6.54 Å². The first-order valence-corrected chi connectivity index (χ1v) is 9.48. The molecule has 1 aromatic carbocycles. The molecule has 0 radical (unpaired) electrons. The molecule has 0 spiro atoms. The SMILES string of the molecule is CCCCCN(C(=O)O[C@H]1C[N+]2(C)CCC1CC2)c1ccccc1. The van der Waals surface area contributed by atoms with Gasteiger partial charge in [-0.2, -0.15) is 0 Å². The van der Waals surface area contributed by atoms with Gasteiger partial charge in [-0.15, -0.1) is 0 Å². The number of rotatable bonds is 6. The first kappa shape index (κ1) is 17.3. The molecule has 4 rings (SSSR count). The van der Waals surface area contributed by atoms with Gasteiger partial charge >= 0.3 is 6.09 Å². The average molecular weight is 331 g/mol. The number of fused-ring (bicyclic) bond motifs is 3. The van der Waals surface area contributed by atoms with Crippen LogP contribution in [0.3, 0.4) is 0 Å². The Morgan fingerprint density at radius 1 is 1.21 bits per heavy atom. The van der Waals surface area contributed by atoms with Crippen molar-refractivity contribution in [1.82, 2.24) is 0 Å². The lowest BCUT2D eigenvalue weighted by Crippen LogP contribution is -2.62. The molecule has 1 aromatic rings. The molecule has 3 heterocycles. The molecule has 1 amide bonds. The van der Waals surface area contributed by atoms with Gasteiger partial charge in [-0.3, -0.25) is 4.90 Å². The third-order valence-electron chi connectivity index (χ3n) is 5.75. The molecule has 3 aliphatic rings. The number of carbonyl (C=O) groups is 1. The second-order valence-corrected chi connectivity index (χ2v) is 7.70. The monoisotopic (exact) mass is 331 g/mol. The molecule has 0 unspecified atom stereocenters. The topological polar surface area (TPSA) is 29.5 Å². The lowest BCUT2D eigenvalue weighted by atomic mass is 9.84. The van der Waals surface area contributed by atoms with Crippen molar-refractivity contribution in [3.63, 3.8) is 0 Å². The summed E-state index contributed by atoms with van der Waals surface area (Å²) in [6, 6.07) is 9.94. The van der Waals surface area contributed by atoms with E-state index >= 15 is 0 Å². The van der Waals surface area contributed by atoms with Crippen molar-refractivity contribution in [2.75, 3.05) is 38.1 Å². The highest BCUT2D eigenvalue weighted by Crippen LogP contribution is 2.34. The van der Waals surface area contributed by atoms with Crippen LogP contribution in [-0.2, 0) is 4.74 Å². The number of amides is 1. The summed E-state index contributed by atoms with van der Waals surface area (Å²) >= 11 is 0. The Hall–Kier alpha value is -1.55. The predicted octanol–water partition coefficient (Wildman–Crippen LogP) is 4.06. The molecule has 3 fully saturated rings. The Morgan fingerprint density at radius 3 is 2.54 bits per heavy atom. The van der Waals surface area contributed by atoms with Crippen LogP contribution in [0, 0.1) is 5.92 Å². The van der Waals surface area contributed by atoms with Crippen LogP contribution in [0.5, 0.6) is 0 Å². The molecule has 4 nitrogen and oxygen atoms in total. The van der Waals surface area contributed by atoms with Gasteiger partial charge < -0.3 is 9.22 Å². The van der Waals surface area contributed by atoms with Crippen molar-refractivity contribution in [3.05, 3.63) is 30.3 Å². The zero-order valence-electron chi connectivity index (χ0n) is 15.1. The molecule has 24 heavy (non-hydrogen) atoms. The zero-order valence-corrected chi connectivity index (χ0v) is 15.1. The van der Waals surface area contributed by atoms with Crippen molar-refractivity contribution in [2.45, 2.75) is 45.1 Å². The summed E-state index contributed by atoms with van der Waals surface area (Å²) in [5, 5.41) is 0. The third kappa shape index (κ3) is 3.92. The summed E-state index contributed by atoms with van der Waals surface area (Å²) in [6.45, 7) is 6.37.